The van der Waals surface area contributed by atoms with Gasteiger partial charge in [-0.15, -0.1) is 0 Å². The summed E-state index contributed by atoms with van der Waals surface area (Å²) in [5, 5.41) is 9.17. The van der Waals surface area contributed by atoms with Crippen molar-refractivity contribution in [2.24, 2.45) is 4.99 Å². The third-order valence-electron chi connectivity index (χ3n) is 7.62. The van der Waals surface area contributed by atoms with Crippen molar-refractivity contribution < 1.29 is 19.1 Å². The molecule has 1 atom stereocenters. The van der Waals surface area contributed by atoms with Gasteiger partial charge in [-0.25, -0.2) is 9.79 Å². The Balaban J connectivity index is 1.35. The molecule has 0 saturated heterocycles. The maximum Gasteiger partial charge on any atom is 0.335 e. The SMILES string of the molecule is COc1ccc([C@@H]2C3=C(N=c4s/c(=C\c5ccc(-c6ccc(C(=O)O)cc6)o5)c(=O)n42)c2ccccc2CC3)cc1. The predicted molar refractivity (Wildman–Crippen MR) is 157 cm³/mol. The number of rotatable bonds is 5. The quantitative estimate of drug-likeness (QED) is 0.316. The van der Waals surface area contributed by atoms with Gasteiger partial charge in [-0.2, -0.15) is 0 Å². The second-order valence-corrected chi connectivity index (χ2v) is 11.0. The fourth-order valence-electron chi connectivity index (χ4n) is 5.60. The number of benzene rings is 3. The van der Waals surface area contributed by atoms with E-state index in [1.807, 2.05) is 36.4 Å². The number of hydrogen-bond acceptors (Lipinski definition) is 6. The number of nitrogens with zero attached hydrogens (tertiary/aromatic N) is 2. The zero-order valence-electron chi connectivity index (χ0n) is 22.0. The average Bonchev–Trinajstić information content (AvgIpc) is 3.60. The number of fused-ring (bicyclic) bond motifs is 3. The van der Waals surface area contributed by atoms with Gasteiger partial charge in [0, 0.05) is 17.2 Å². The summed E-state index contributed by atoms with van der Waals surface area (Å²) in [7, 11) is 1.64. The van der Waals surface area contributed by atoms with Crippen molar-refractivity contribution in [3.8, 4) is 17.1 Å². The first-order valence-electron chi connectivity index (χ1n) is 13.2. The molecule has 5 aromatic rings. The molecule has 0 radical (unpaired) electrons. The number of carboxylic acid groups (broad SMARTS) is 1. The maximum absolute atomic E-state index is 14.0. The number of aromatic nitrogens is 1. The summed E-state index contributed by atoms with van der Waals surface area (Å²) >= 11 is 1.35. The molecule has 1 aliphatic heterocycles. The molecule has 3 heterocycles. The van der Waals surface area contributed by atoms with E-state index >= 15 is 0 Å². The Labute approximate surface area is 238 Å². The van der Waals surface area contributed by atoms with Crippen molar-refractivity contribution in [1.82, 2.24) is 4.57 Å². The van der Waals surface area contributed by atoms with Crippen LogP contribution in [0.2, 0.25) is 0 Å². The number of methoxy groups -OCH3 is 1. The van der Waals surface area contributed by atoms with Crippen LogP contribution >= 0.6 is 11.3 Å². The van der Waals surface area contributed by atoms with E-state index < -0.39 is 5.97 Å². The van der Waals surface area contributed by atoms with Gasteiger partial charge in [0.25, 0.3) is 5.56 Å². The van der Waals surface area contributed by atoms with Crippen LogP contribution in [0.15, 0.2) is 105 Å². The molecule has 0 unspecified atom stereocenters. The van der Waals surface area contributed by atoms with Crippen LogP contribution in [-0.2, 0) is 6.42 Å². The smallest absolute Gasteiger partial charge is 0.335 e. The lowest BCUT2D eigenvalue weighted by molar-refractivity contribution is 0.0697. The normalized spacial score (nSPS) is 16.0. The summed E-state index contributed by atoms with van der Waals surface area (Å²) < 4.78 is 13.8. The maximum atomic E-state index is 14.0. The van der Waals surface area contributed by atoms with E-state index in [0.717, 1.165) is 46.6 Å². The van der Waals surface area contributed by atoms with Gasteiger partial charge in [-0.05, 0) is 65.9 Å². The highest BCUT2D eigenvalue weighted by molar-refractivity contribution is 7.07. The van der Waals surface area contributed by atoms with Crippen molar-refractivity contribution in [3.63, 3.8) is 0 Å². The molecular formula is C33H24N2O5S. The molecule has 2 aromatic heterocycles. The molecule has 0 bridgehead atoms. The van der Waals surface area contributed by atoms with Crippen molar-refractivity contribution >= 4 is 29.1 Å². The van der Waals surface area contributed by atoms with E-state index in [-0.39, 0.29) is 17.2 Å². The number of ether oxygens (including phenoxy) is 1. The molecule has 3 aromatic carbocycles. The highest BCUT2D eigenvalue weighted by Crippen LogP contribution is 2.41. The number of aromatic carboxylic acids is 1. The molecule has 7 rings (SSSR count). The first-order chi connectivity index (χ1) is 20.0. The lowest BCUT2D eigenvalue weighted by atomic mass is 9.83. The lowest BCUT2D eigenvalue weighted by Crippen LogP contribution is -2.38. The minimum absolute atomic E-state index is 0.122. The lowest BCUT2D eigenvalue weighted by Gasteiger charge is -2.30. The van der Waals surface area contributed by atoms with Crippen LogP contribution in [0.25, 0.3) is 23.1 Å². The summed E-state index contributed by atoms with van der Waals surface area (Å²) in [6.45, 7) is 0. The molecule has 1 N–H and O–H groups in total. The Morgan fingerprint density at radius 1 is 1.02 bits per heavy atom. The average molecular weight is 561 g/mol. The fraction of sp³-hybridized carbons (Fsp3) is 0.121. The van der Waals surface area contributed by atoms with E-state index in [1.54, 1.807) is 36.0 Å². The van der Waals surface area contributed by atoms with Gasteiger partial charge in [0.2, 0.25) is 0 Å². The van der Waals surface area contributed by atoms with Gasteiger partial charge in [0.15, 0.2) is 4.80 Å². The van der Waals surface area contributed by atoms with Crippen LogP contribution < -0.4 is 19.6 Å². The number of thiazole rings is 1. The molecule has 8 heteroatoms. The Morgan fingerprint density at radius 2 is 1.80 bits per heavy atom. The molecule has 0 amide bonds. The number of carbonyl (C=O) groups is 1. The minimum atomic E-state index is -0.981. The molecule has 1 aliphatic carbocycles. The third-order valence-corrected chi connectivity index (χ3v) is 8.60. The second kappa shape index (κ2) is 9.91. The third kappa shape index (κ3) is 4.33. The van der Waals surface area contributed by atoms with E-state index in [9.17, 15) is 9.59 Å². The summed E-state index contributed by atoms with van der Waals surface area (Å²) in [6.07, 6.45) is 3.46. The van der Waals surface area contributed by atoms with E-state index in [2.05, 4.69) is 18.2 Å². The Morgan fingerprint density at radius 3 is 2.56 bits per heavy atom. The van der Waals surface area contributed by atoms with Gasteiger partial charge in [-0.3, -0.25) is 9.36 Å². The number of furan rings is 1. The first kappa shape index (κ1) is 25.0. The van der Waals surface area contributed by atoms with Crippen LogP contribution in [0.5, 0.6) is 5.75 Å². The summed E-state index contributed by atoms with van der Waals surface area (Å²) in [5.41, 5.74) is 6.31. The fourth-order valence-corrected chi connectivity index (χ4v) is 6.58. The van der Waals surface area contributed by atoms with Crippen molar-refractivity contribution in [1.29, 1.82) is 0 Å². The molecule has 0 fully saturated rings. The predicted octanol–water partition coefficient (Wildman–Crippen LogP) is 5.29. The van der Waals surface area contributed by atoms with Gasteiger partial charge >= 0.3 is 5.97 Å². The summed E-state index contributed by atoms with van der Waals surface area (Å²) in [5.74, 6) is 0.896. The monoisotopic (exact) mass is 560 g/mol. The standard InChI is InChI=1S/C33H24N2O5S/c1-39-23-13-10-21(11-14-23)30-26-16-12-19-4-2-3-5-25(19)29(26)34-33-35(30)31(36)28(41-33)18-24-15-17-27(40-24)20-6-8-22(9-7-20)32(37)38/h2-11,13-15,17-18,30H,12,16H2,1H3,(H,37,38)/b28-18-/t30-/m1/s1. The molecule has 2 aliphatic rings. The molecule has 0 spiro atoms. The van der Waals surface area contributed by atoms with Crippen LogP contribution in [0.1, 0.15) is 45.3 Å². The van der Waals surface area contributed by atoms with E-state index in [0.29, 0.717) is 20.9 Å². The van der Waals surface area contributed by atoms with Crippen molar-refractivity contribution in [2.75, 3.05) is 7.11 Å². The topological polar surface area (TPSA) is 94.0 Å². The zero-order chi connectivity index (χ0) is 28.1. The van der Waals surface area contributed by atoms with Gasteiger partial charge in [-0.1, -0.05) is 59.9 Å². The van der Waals surface area contributed by atoms with Crippen molar-refractivity contribution in [2.45, 2.75) is 18.9 Å². The van der Waals surface area contributed by atoms with Gasteiger partial charge < -0.3 is 14.3 Å². The van der Waals surface area contributed by atoms with Gasteiger partial charge in [0.05, 0.1) is 28.9 Å². The minimum Gasteiger partial charge on any atom is -0.497 e. The highest BCUT2D eigenvalue weighted by Gasteiger charge is 2.32. The number of hydrogen-bond donors (Lipinski definition) is 1. The first-order valence-corrected chi connectivity index (χ1v) is 14.0. The van der Waals surface area contributed by atoms with E-state index in [4.69, 9.17) is 19.3 Å². The molecule has 7 nitrogen and oxygen atoms in total. The summed E-state index contributed by atoms with van der Waals surface area (Å²) in [6, 6.07) is 26.1. The van der Waals surface area contributed by atoms with Crippen LogP contribution in [0.4, 0.5) is 0 Å². The molecule has 0 saturated carbocycles. The summed E-state index contributed by atoms with van der Waals surface area (Å²) in [4.78, 5) is 30.8. The Hall–Kier alpha value is -4.95. The number of allylic oxidation sites excluding steroid dienone is 1. The second-order valence-electron chi connectivity index (χ2n) is 9.97. The molecular weight excluding hydrogens is 536 g/mol. The van der Waals surface area contributed by atoms with Crippen LogP contribution in [0, 0.1) is 0 Å². The zero-order valence-corrected chi connectivity index (χ0v) is 22.9. The molecule has 202 valence electrons. The van der Waals surface area contributed by atoms with Gasteiger partial charge in [0.1, 0.15) is 17.3 Å². The Bertz CT molecular complexity index is 2030. The van der Waals surface area contributed by atoms with Crippen LogP contribution in [-0.4, -0.2) is 22.8 Å². The Kier molecular flexibility index (Phi) is 6.05. The van der Waals surface area contributed by atoms with E-state index in [1.165, 1.54) is 29.0 Å². The highest BCUT2D eigenvalue weighted by atomic mass is 32.1. The van der Waals surface area contributed by atoms with Crippen molar-refractivity contribution in [3.05, 3.63) is 138 Å². The largest absolute Gasteiger partial charge is 0.497 e. The number of aryl methyl sites for hydroxylation is 1. The number of carboxylic acids is 1. The molecule has 41 heavy (non-hydrogen) atoms. The van der Waals surface area contributed by atoms with Crippen LogP contribution in [0.3, 0.4) is 0 Å².